The number of nitrogens with one attached hydrogen (secondary N) is 3. The predicted molar refractivity (Wildman–Crippen MR) is 121 cm³/mol. The van der Waals surface area contributed by atoms with Crippen molar-refractivity contribution in [2.45, 2.75) is 25.7 Å². The molecule has 0 unspecified atom stereocenters. The molecular weight excluding hydrogens is 384 g/mol. The number of nitrogens with zero attached hydrogens (tertiary/aromatic N) is 1. The molecule has 6 nitrogen and oxygen atoms in total. The number of benzene rings is 2. The monoisotopic (exact) mass is 416 g/mol. The van der Waals surface area contributed by atoms with Crippen molar-refractivity contribution in [1.29, 1.82) is 0 Å². The molecule has 0 saturated heterocycles. The Morgan fingerprint density at radius 3 is 2.03 bits per heavy atom. The van der Waals surface area contributed by atoms with Gasteiger partial charge >= 0.3 is 0 Å². The van der Waals surface area contributed by atoms with Crippen LogP contribution >= 0.6 is 0 Å². The summed E-state index contributed by atoms with van der Waals surface area (Å²) in [6.07, 6.45) is 2.76. The van der Waals surface area contributed by atoms with E-state index in [1.54, 1.807) is 0 Å². The summed E-state index contributed by atoms with van der Waals surface area (Å²) in [7, 11) is -3.14. The van der Waals surface area contributed by atoms with Gasteiger partial charge in [-0.15, -0.1) is 0 Å². The summed E-state index contributed by atoms with van der Waals surface area (Å²) in [6, 6.07) is 21.1. The molecule has 0 heterocycles. The number of sulfonamides is 1. The Morgan fingerprint density at radius 2 is 1.52 bits per heavy atom. The molecule has 0 aliphatic rings. The molecular formula is C22H32N4O2S. The summed E-state index contributed by atoms with van der Waals surface area (Å²) in [5.74, 6) is 1.07. The van der Waals surface area contributed by atoms with Crippen LogP contribution in [0.2, 0.25) is 0 Å². The van der Waals surface area contributed by atoms with Crippen molar-refractivity contribution < 1.29 is 8.42 Å². The third-order valence-corrected chi connectivity index (χ3v) is 5.17. The minimum Gasteiger partial charge on any atom is -0.357 e. The molecule has 0 saturated carbocycles. The van der Waals surface area contributed by atoms with Gasteiger partial charge in [0.05, 0.1) is 6.26 Å². The molecule has 3 N–H and O–H groups in total. The number of hydrogen-bond donors (Lipinski definition) is 3. The summed E-state index contributed by atoms with van der Waals surface area (Å²) in [6.45, 7) is 4.53. The number of hydrogen-bond acceptors (Lipinski definition) is 3. The summed E-state index contributed by atoms with van der Waals surface area (Å²) >= 11 is 0. The zero-order valence-corrected chi connectivity index (χ0v) is 18.1. The van der Waals surface area contributed by atoms with Gasteiger partial charge in [0.25, 0.3) is 0 Å². The van der Waals surface area contributed by atoms with Gasteiger partial charge < -0.3 is 10.6 Å². The minimum atomic E-state index is -3.14. The van der Waals surface area contributed by atoms with Gasteiger partial charge in [0.15, 0.2) is 5.96 Å². The molecule has 2 aromatic carbocycles. The molecule has 0 radical (unpaired) electrons. The van der Waals surface area contributed by atoms with Crippen molar-refractivity contribution in [3.05, 3.63) is 71.8 Å². The van der Waals surface area contributed by atoms with Crippen molar-refractivity contribution in [1.82, 2.24) is 15.4 Å². The second kappa shape index (κ2) is 12.2. The first-order chi connectivity index (χ1) is 14.0. The number of rotatable bonds is 11. The average molecular weight is 417 g/mol. The van der Waals surface area contributed by atoms with Crippen molar-refractivity contribution in [2.75, 3.05) is 32.4 Å². The maximum absolute atomic E-state index is 11.1. The van der Waals surface area contributed by atoms with Gasteiger partial charge in [0.1, 0.15) is 0 Å². The van der Waals surface area contributed by atoms with Crippen LogP contribution in [0.5, 0.6) is 0 Å². The SMILES string of the molecule is CCNC(=NCCCNS(C)(=O)=O)NCCC(c1ccccc1)c1ccccc1. The fourth-order valence-electron chi connectivity index (χ4n) is 3.10. The van der Waals surface area contributed by atoms with Gasteiger partial charge in [0, 0.05) is 32.1 Å². The van der Waals surface area contributed by atoms with Crippen LogP contribution in [0, 0.1) is 0 Å². The van der Waals surface area contributed by atoms with Gasteiger partial charge in [-0.25, -0.2) is 13.1 Å². The molecule has 2 aromatic rings. The lowest BCUT2D eigenvalue weighted by Gasteiger charge is -2.19. The van der Waals surface area contributed by atoms with E-state index in [1.807, 2.05) is 19.1 Å². The zero-order valence-electron chi connectivity index (χ0n) is 17.3. The highest BCUT2D eigenvalue weighted by atomic mass is 32.2. The summed E-state index contributed by atoms with van der Waals surface area (Å²) in [5, 5.41) is 6.64. The summed E-state index contributed by atoms with van der Waals surface area (Å²) in [4.78, 5) is 4.53. The van der Waals surface area contributed by atoms with E-state index in [2.05, 4.69) is 68.9 Å². The first kappa shape index (κ1) is 22.9. The van der Waals surface area contributed by atoms with Crippen LogP contribution in [0.1, 0.15) is 36.8 Å². The van der Waals surface area contributed by atoms with Crippen molar-refractivity contribution in [3.8, 4) is 0 Å². The Bertz CT molecular complexity index is 800. The minimum absolute atomic E-state index is 0.312. The fraction of sp³-hybridized carbons (Fsp3) is 0.409. The van der Waals surface area contributed by atoms with E-state index in [0.717, 1.165) is 31.7 Å². The molecule has 7 heteroatoms. The van der Waals surface area contributed by atoms with Crippen LogP contribution in [0.3, 0.4) is 0 Å². The molecule has 0 bridgehead atoms. The topological polar surface area (TPSA) is 82.6 Å². The van der Waals surface area contributed by atoms with Gasteiger partial charge in [-0.1, -0.05) is 60.7 Å². The highest BCUT2D eigenvalue weighted by Crippen LogP contribution is 2.27. The van der Waals surface area contributed by atoms with E-state index >= 15 is 0 Å². The van der Waals surface area contributed by atoms with Gasteiger partial charge in [0.2, 0.25) is 10.0 Å². The summed E-state index contributed by atoms with van der Waals surface area (Å²) in [5.41, 5.74) is 2.60. The second-order valence-corrected chi connectivity index (χ2v) is 8.70. The maximum Gasteiger partial charge on any atom is 0.208 e. The predicted octanol–water partition coefficient (Wildman–Crippen LogP) is 2.70. The Morgan fingerprint density at radius 1 is 0.931 bits per heavy atom. The highest BCUT2D eigenvalue weighted by molar-refractivity contribution is 7.88. The molecule has 0 fully saturated rings. The Hall–Kier alpha value is -2.38. The van der Waals surface area contributed by atoms with Gasteiger partial charge in [-0.05, 0) is 30.9 Å². The Balaban J connectivity index is 1.92. The molecule has 29 heavy (non-hydrogen) atoms. The smallest absolute Gasteiger partial charge is 0.208 e. The average Bonchev–Trinajstić information content (AvgIpc) is 2.71. The second-order valence-electron chi connectivity index (χ2n) is 6.87. The van der Waals surface area contributed by atoms with Crippen LogP contribution in [-0.2, 0) is 10.0 Å². The molecule has 158 valence electrons. The van der Waals surface area contributed by atoms with Gasteiger partial charge in [-0.3, -0.25) is 4.99 Å². The van der Waals surface area contributed by atoms with E-state index in [-0.39, 0.29) is 0 Å². The maximum atomic E-state index is 11.1. The van der Waals surface area contributed by atoms with Gasteiger partial charge in [-0.2, -0.15) is 0 Å². The normalized spacial score (nSPS) is 12.2. The standard InChI is InChI=1S/C22H32N4O2S/c1-3-23-22(24-16-10-17-26-29(2,27)28)25-18-15-21(19-11-6-4-7-12-19)20-13-8-5-9-14-20/h4-9,11-14,21,26H,3,10,15-18H2,1-2H3,(H2,23,24,25). The van der Waals surface area contributed by atoms with E-state index in [9.17, 15) is 8.42 Å². The Labute approximate surface area is 174 Å². The molecule has 0 aromatic heterocycles. The van der Waals surface area contributed by atoms with Crippen LogP contribution < -0.4 is 15.4 Å². The van der Waals surface area contributed by atoms with E-state index in [0.29, 0.717) is 25.4 Å². The van der Waals surface area contributed by atoms with E-state index in [4.69, 9.17) is 0 Å². The Kier molecular flexibility index (Phi) is 9.67. The molecule has 0 aliphatic heterocycles. The molecule has 0 atom stereocenters. The summed E-state index contributed by atoms with van der Waals surface area (Å²) < 4.78 is 24.7. The highest BCUT2D eigenvalue weighted by Gasteiger charge is 2.13. The third-order valence-electron chi connectivity index (χ3n) is 4.44. The van der Waals surface area contributed by atoms with E-state index in [1.165, 1.54) is 11.1 Å². The number of guanidine groups is 1. The first-order valence-corrected chi connectivity index (χ1v) is 12.0. The number of aliphatic imine (C=N–C) groups is 1. The zero-order chi connectivity index (χ0) is 21.0. The van der Waals surface area contributed by atoms with Crippen LogP contribution in [-0.4, -0.2) is 46.8 Å². The first-order valence-electron chi connectivity index (χ1n) is 10.1. The van der Waals surface area contributed by atoms with E-state index < -0.39 is 10.0 Å². The van der Waals surface area contributed by atoms with Crippen molar-refractivity contribution in [3.63, 3.8) is 0 Å². The molecule has 2 rings (SSSR count). The quantitative estimate of drug-likeness (QED) is 0.299. The lowest BCUT2D eigenvalue weighted by atomic mass is 9.88. The third kappa shape index (κ3) is 9.11. The van der Waals surface area contributed by atoms with Crippen LogP contribution in [0.15, 0.2) is 65.7 Å². The lowest BCUT2D eigenvalue weighted by Crippen LogP contribution is -2.38. The van der Waals surface area contributed by atoms with Crippen LogP contribution in [0.25, 0.3) is 0 Å². The molecule has 0 aliphatic carbocycles. The van der Waals surface area contributed by atoms with Crippen molar-refractivity contribution >= 4 is 16.0 Å². The molecule has 0 amide bonds. The lowest BCUT2D eigenvalue weighted by molar-refractivity contribution is 0.585. The van der Waals surface area contributed by atoms with Crippen LogP contribution in [0.4, 0.5) is 0 Å². The largest absolute Gasteiger partial charge is 0.357 e. The molecule has 0 spiro atoms. The van der Waals surface area contributed by atoms with Crippen molar-refractivity contribution in [2.24, 2.45) is 4.99 Å². The fourth-order valence-corrected chi connectivity index (χ4v) is 3.62.